The highest BCUT2D eigenvalue weighted by molar-refractivity contribution is 6.42. The zero-order chi connectivity index (χ0) is 27.6. The molecular weight excluding hydrogens is 529 g/mol. The lowest BCUT2D eigenvalue weighted by Crippen LogP contribution is -2.53. The standard InChI is InChI=1S/C32H35Cl2N3O2/c1-23(38)35-31(25-11-7-4-8-12-25)15-17-37(18-16-31)22-27-20-32(27,26-13-14-28(33)29(34)19-26)30(39)36(2)21-24-9-5-3-6-10-24/h3-14,19,27H,15-18,20-22H2,1-2H3,(H,35,38)/t27-,32+/m1/s1. The fourth-order valence-electron chi connectivity index (χ4n) is 6.34. The molecule has 2 fully saturated rings. The van der Waals surface area contributed by atoms with Gasteiger partial charge in [-0.15, -0.1) is 0 Å². The number of likely N-dealkylation sites (tertiary alicyclic amines) is 1. The highest BCUT2D eigenvalue weighted by Gasteiger charge is 2.62. The smallest absolute Gasteiger partial charge is 0.233 e. The molecule has 2 aliphatic rings. The van der Waals surface area contributed by atoms with Gasteiger partial charge in [-0.2, -0.15) is 0 Å². The van der Waals surface area contributed by atoms with Crippen molar-refractivity contribution in [3.8, 4) is 0 Å². The number of nitrogens with zero attached hydrogens (tertiary/aromatic N) is 2. The number of carbonyl (C=O) groups is 2. The second kappa shape index (κ2) is 11.3. The number of hydrogen-bond donors (Lipinski definition) is 1. The van der Waals surface area contributed by atoms with Crippen LogP contribution in [0.1, 0.15) is 42.9 Å². The molecule has 0 spiro atoms. The lowest BCUT2D eigenvalue weighted by Gasteiger charge is -2.43. The maximum Gasteiger partial charge on any atom is 0.233 e. The quantitative estimate of drug-likeness (QED) is 0.363. The number of rotatable bonds is 8. The van der Waals surface area contributed by atoms with E-state index >= 15 is 0 Å². The van der Waals surface area contributed by atoms with Crippen molar-refractivity contribution in [2.75, 3.05) is 26.7 Å². The number of piperidine rings is 1. The summed E-state index contributed by atoms with van der Waals surface area (Å²) in [4.78, 5) is 30.5. The number of benzene rings is 3. The van der Waals surface area contributed by atoms with Crippen LogP contribution in [0.2, 0.25) is 10.0 Å². The first-order valence-corrected chi connectivity index (χ1v) is 14.3. The lowest BCUT2D eigenvalue weighted by molar-refractivity contribution is -0.133. The number of nitrogens with one attached hydrogen (secondary N) is 1. The van der Waals surface area contributed by atoms with Crippen molar-refractivity contribution in [1.82, 2.24) is 15.1 Å². The average Bonchev–Trinajstić information content (AvgIpc) is 3.66. The number of halogens is 2. The van der Waals surface area contributed by atoms with Gasteiger partial charge in [0.15, 0.2) is 0 Å². The van der Waals surface area contributed by atoms with Gasteiger partial charge in [0.1, 0.15) is 0 Å². The second-order valence-electron chi connectivity index (χ2n) is 11.1. The first-order chi connectivity index (χ1) is 18.7. The van der Waals surface area contributed by atoms with E-state index in [4.69, 9.17) is 23.2 Å². The first-order valence-electron chi connectivity index (χ1n) is 13.6. The molecule has 7 heteroatoms. The summed E-state index contributed by atoms with van der Waals surface area (Å²) in [5.41, 5.74) is 2.19. The first kappa shape index (κ1) is 27.7. The minimum Gasteiger partial charge on any atom is -0.347 e. The number of hydrogen-bond acceptors (Lipinski definition) is 3. The van der Waals surface area contributed by atoms with Crippen LogP contribution in [0.3, 0.4) is 0 Å². The fourth-order valence-corrected chi connectivity index (χ4v) is 6.64. The Kier molecular flexibility index (Phi) is 8.04. The minimum atomic E-state index is -0.622. The van der Waals surface area contributed by atoms with Crippen molar-refractivity contribution in [2.24, 2.45) is 5.92 Å². The van der Waals surface area contributed by atoms with Gasteiger partial charge < -0.3 is 15.1 Å². The van der Waals surface area contributed by atoms with Crippen LogP contribution in [-0.2, 0) is 27.1 Å². The molecule has 5 nitrogen and oxygen atoms in total. The average molecular weight is 565 g/mol. The summed E-state index contributed by atoms with van der Waals surface area (Å²) in [6.45, 7) is 4.64. The molecule has 3 aromatic rings. The molecule has 1 N–H and O–H groups in total. The number of carbonyl (C=O) groups excluding carboxylic acids is 2. The van der Waals surface area contributed by atoms with Crippen LogP contribution in [0.5, 0.6) is 0 Å². The van der Waals surface area contributed by atoms with Gasteiger partial charge in [0, 0.05) is 40.2 Å². The van der Waals surface area contributed by atoms with E-state index < -0.39 is 5.41 Å². The normalized spacial score (nSPS) is 22.2. The van der Waals surface area contributed by atoms with E-state index in [1.807, 2.05) is 72.6 Å². The van der Waals surface area contributed by atoms with E-state index in [1.54, 1.807) is 13.0 Å². The Morgan fingerprint density at radius 2 is 1.56 bits per heavy atom. The van der Waals surface area contributed by atoms with E-state index in [9.17, 15) is 9.59 Å². The minimum absolute atomic E-state index is 0.0137. The van der Waals surface area contributed by atoms with Crippen LogP contribution in [0.4, 0.5) is 0 Å². The van der Waals surface area contributed by atoms with E-state index in [0.717, 1.165) is 55.6 Å². The summed E-state index contributed by atoms with van der Waals surface area (Å²) >= 11 is 12.7. The van der Waals surface area contributed by atoms with Crippen molar-refractivity contribution in [3.05, 3.63) is 106 Å². The molecule has 1 saturated carbocycles. The van der Waals surface area contributed by atoms with Crippen LogP contribution in [0.15, 0.2) is 78.9 Å². The maximum atomic E-state index is 14.1. The highest BCUT2D eigenvalue weighted by Crippen LogP contribution is 2.56. The SMILES string of the molecule is CC(=O)NC1(c2ccccc2)CCN(C[C@H]2C[C@]2(C(=O)N(C)Cc2ccccc2)c2ccc(Cl)c(Cl)c2)CC1. The van der Waals surface area contributed by atoms with Crippen molar-refractivity contribution in [3.63, 3.8) is 0 Å². The third kappa shape index (κ3) is 5.72. The molecule has 1 saturated heterocycles. The van der Waals surface area contributed by atoms with E-state index in [1.165, 1.54) is 0 Å². The predicted molar refractivity (Wildman–Crippen MR) is 157 cm³/mol. The molecule has 39 heavy (non-hydrogen) atoms. The molecule has 0 bridgehead atoms. The van der Waals surface area contributed by atoms with Gasteiger partial charge in [-0.3, -0.25) is 9.59 Å². The maximum absolute atomic E-state index is 14.1. The topological polar surface area (TPSA) is 52.7 Å². The van der Waals surface area contributed by atoms with Crippen LogP contribution in [0.25, 0.3) is 0 Å². The molecule has 3 aromatic carbocycles. The summed E-state index contributed by atoms with van der Waals surface area (Å²) < 4.78 is 0. The van der Waals surface area contributed by atoms with Crippen LogP contribution in [0, 0.1) is 5.92 Å². The van der Waals surface area contributed by atoms with Crippen LogP contribution >= 0.6 is 23.2 Å². The summed E-state index contributed by atoms with van der Waals surface area (Å²) in [5, 5.41) is 4.22. The third-order valence-corrected chi connectivity index (χ3v) is 9.20. The predicted octanol–water partition coefficient (Wildman–Crippen LogP) is 6.04. The highest BCUT2D eigenvalue weighted by atomic mass is 35.5. The monoisotopic (exact) mass is 563 g/mol. The Balaban J connectivity index is 1.34. The van der Waals surface area contributed by atoms with Gasteiger partial charge in [-0.1, -0.05) is 89.9 Å². The molecule has 5 rings (SSSR count). The van der Waals surface area contributed by atoms with Gasteiger partial charge in [-0.25, -0.2) is 0 Å². The molecule has 0 radical (unpaired) electrons. The van der Waals surface area contributed by atoms with Crippen LogP contribution < -0.4 is 5.32 Å². The Hall–Kier alpha value is -2.86. The molecular formula is C32H35Cl2N3O2. The molecule has 204 valence electrons. The lowest BCUT2D eigenvalue weighted by atomic mass is 9.80. The largest absolute Gasteiger partial charge is 0.347 e. The summed E-state index contributed by atoms with van der Waals surface area (Å²) in [6, 6.07) is 25.9. The van der Waals surface area contributed by atoms with E-state index in [0.29, 0.717) is 16.6 Å². The van der Waals surface area contributed by atoms with Gasteiger partial charge in [0.25, 0.3) is 0 Å². The molecule has 1 aliphatic heterocycles. The Morgan fingerprint density at radius 1 is 0.923 bits per heavy atom. The van der Waals surface area contributed by atoms with Crippen molar-refractivity contribution < 1.29 is 9.59 Å². The zero-order valence-corrected chi connectivity index (χ0v) is 24.0. The molecule has 1 aliphatic carbocycles. The number of likely N-dealkylation sites (N-methyl/N-ethyl adjacent to an activating group) is 1. The Labute approximate surface area is 241 Å². The van der Waals surface area contributed by atoms with Crippen molar-refractivity contribution in [2.45, 2.75) is 43.7 Å². The Bertz CT molecular complexity index is 1330. The summed E-state index contributed by atoms with van der Waals surface area (Å²) in [5.74, 6) is 0.272. The number of amides is 2. The Morgan fingerprint density at radius 3 is 2.18 bits per heavy atom. The van der Waals surface area contributed by atoms with Gasteiger partial charge >= 0.3 is 0 Å². The molecule has 1 heterocycles. The van der Waals surface area contributed by atoms with Crippen LogP contribution in [-0.4, -0.2) is 48.3 Å². The molecule has 2 atom stereocenters. The second-order valence-corrected chi connectivity index (χ2v) is 11.9. The molecule has 2 amide bonds. The fraction of sp³-hybridized carbons (Fsp3) is 0.375. The van der Waals surface area contributed by atoms with E-state index in [2.05, 4.69) is 22.3 Å². The summed E-state index contributed by atoms with van der Waals surface area (Å²) in [7, 11) is 1.88. The van der Waals surface area contributed by atoms with E-state index in [-0.39, 0.29) is 23.3 Å². The van der Waals surface area contributed by atoms with Gasteiger partial charge in [0.05, 0.1) is 21.0 Å². The molecule has 0 unspecified atom stereocenters. The van der Waals surface area contributed by atoms with Crippen molar-refractivity contribution >= 4 is 35.0 Å². The molecule has 0 aromatic heterocycles. The van der Waals surface area contributed by atoms with Gasteiger partial charge in [-0.05, 0) is 54.0 Å². The zero-order valence-electron chi connectivity index (χ0n) is 22.5. The third-order valence-electron chi connectivity index (χ3n) is 8.46. The van der Waals surface area contributed by atoms with Gasteiger partial charge in [0.2, 0.25) is 11.8 Å². The van der Waals surface area contributed by atoms with Crippen molar-refractivity contribution in [1.29, 1.82) is 0 Å². The summed E-state index contributed by atoms with van der Waals surface area (Å²) in [6.07, 6.45) is 2.42.